The summed E-state index contributed by atoms with van der Waals surface area (Å²) in [6.07, 6.45) is 0. The molecule has 0 spiro atoms. The molecule has 214 valence electrons. The first-order chi connectivity index (χ1) is 20.2. The van der Waals surface area contributed by atoms with Crippen molar-refractivity contribution in [1.82, 2.24) is 4.98 Å². The summed E-state index contributed by atoms with van der Waals surface area (Å²) in [5, 5.41) is 11.6. The van der Waals surface area contributed by atoms with Crippen LogP contribution in [0.3, 0.4) is 0 Å². The van der Waals surface area contributed by atoms with Crippen LogP contribution in [0.4, 0.5) is 5.13 Å². The monoisotopic (exact) mass is 582 g/mol. The van der Waals surface area contributed by atoms with Gasteiger partial charge >= 0.3 is 5.91 Å². The second-order valence-corrected chi connectivity index (χ2v) is 10.9. The molecule has 2 heterocycles. The fourth-order valence-electron chi connectivity index (χ4n) is 4.84. The molecule has 9 heteroatoms. The van der Waals surface area contributed by atoms with Crippen molar-refractivity contribution in [3.8, 4) is 11.5 Å². The van der Waals surface area contributed by atoms with E-state index < -0.39 is 17.7 Å². The predicted molar refractivity (Wildman–Crippen MR) is 161 cm³/mol. The van der Waals surface area contributed by atoms with Crippen LogP contribution in [0.5, 0.6) is 11.5 Å². The van der Waals surface area contributed by atoms with Gasteiger partial charge in [0.05, 0.1) is 28.8 Å². The molecule has 1 aliphatic heterocycles. The molecule has 1 N–H and O–H groups in total. The minimum atomic E-state index is -1.03. The number of aliphatic hydroxyl groups is 1. The number of aryl methyl sites for hydroxylation is 2. The fraction of sp³-hybridized carbons (Fsp3) is 0.212. The fourth-order valence-corrected chi connectivity index (χ4v) is 5.83. The standard InChI is InChI=1S/C33H30N2O6S/c1-5-40-26-17-24(15-16-25(26)41-18-22-9-7-6-8-10-22)28-27(29(37)23-13-11-19(2)12-14-23)30(38)32(39)35(28)33-34-20(3)31(42-33)21(4)36/h6-17,28,37H,5,18H2,1-4H3. The number of hydrogen-bond donors (Lipinski definition) is 1. The number of ether oxygens (including phenoxy) is 2. The van der Waals surface area contributed by atoms with Gasteiger partial charge < -0.3 is 14.6 Å². The number of rotatable bonds is 9. The molecule has 0 aliphatic carbocycles. The number of anilines is 1. The maximum atomic E-state index is 13.6. The van der Waals surface area contributed by atoms with Crippen LogP contribution in [0, 0.1) is 13.8 Å². The number of aliphatic hydroxyl groups excluding tert-OH is 1. The van der Waals surface area contributed by atoms with Crippen LogP contribution in [-0.4, -0.2) is 34.2 Å². The van der Waals surface area contributed by atoms with E-state index in [9.17, 15) is 19.5 Å². The van der Waals surface area contributed by atoms with Crippen LogP contribution in [0.25, 0.3) is 5.76 Å². The number of ketones is 2. The average Bonchev–Trinajstić information content (AvgIpc) is 3.49. The third kappa shape index (κ3) is 5.56. The zero-order chi connectivity index (χ0) is 30.0. The first-order valence-electron chi connectivity index (χ1n) is 13.5. The number of carbonyl (C=O) groups excluding carboxylic acids is 3. The van der Waals surface area contributed by atoms with E-state index in [2.05, 4.69) is 4.98 Å². The van der Waals surface area contributed by atoms with Gasteiger partial charge in [-0.3, -0.25) is 19.3 Å². The van der Waals surface area contributed by atoms with Crippen molar-refractivity contribution < 1.29 is 29.0 Å². The van der Waals surface area contributed by atoms with Gasteiger partial charge in [0.1, 0.15) is 12.4 Å². The molecule has 1 fully saturated rings. The lowest BCUT2D eigenvalue weighted by molar-refractivity contribution is -0.132. The van der Waals surface area contributed by atoms with E-state index in [0.29, 0.717) is 46.4 Å². The zero-order valence-electron chi connectivity index (χ0n) is 23.7. The number of hydrogen-bond acceptors (Lipinski definition) is 8. The lowest BCUT2D eigenvalue weighted by atomic mass is 9.95. The Labute approximate surface area is 247 Å². The molecule has 1 atom stereocenters. The lowest BCUT2D eigenvalue weighted by Gasteiger charge is -2.24. The summed E-state index contributed by atoms with van der Waals surface area (Å²) in [5.74, 6) is -1.28. The van der Waals surface area contributed by atoms with Gasteiger partial charge in [-0.1, -0.05) is 77.6 Å². The number of thiazole rings is 1. The lowest BCUT2D eigenvalue weighted by Crippen LogP contribution is -2.29. The van der Waals surface area contributed by atoms with Gasteiger partial charge in [-0.2, -0.15) is 0 Å². The van der Waals surface area contributed by atoms with Crippen LogP contribution >= 0.6 is 11.3 Å². The highest BCUT2D eigenvalue weighted by atomic mass is 32.1. The Morgan fingerprint density at radius 2 is 1.69 bits per heavy atom. The summed E-state index contributed by atoms with van der Waals surface area (Å²) in [6, 6.07) is 20.9. The number of aromatic nitrogens is 1. The van der Waals surface area contributed by atoms with Crippen molar-refractivity contribution in [2.75, 3.05) is 11.5 Å². The van der Waals surface area contributed by atoms with Gasteiger partial charge in [0.25, 0.3) is 5.78 Å². The Balaban J connectivity index is 1.65. The summed E-state index contributed by atoms with van der Waals surface area (Å²) < 4.78 is 12.0. The Morgan fingerprint density at radius 1 is 0.976 bits per heavy atom. The number of Topliss-reactive ketones (excluding diaryl/α,β-unsaturated/α-hetero) is 2. The highest BCUT2D eigenvalue weighted by molar-refractivity contribution is 7.18. The molecule has 1 unspecified atom stereocenters. The molecule has 0 saturated carbocycles. The van der Waals surface area contributed by atoms with Crippen molar-refractivity contribution >= 4 is 39.7 Å². The summed E-state index contributed by atoms with van der Waals surface area (Å²) in [6.45, 7) is 7.53. The topological polar surface area (TPSA) is 106 Å². The Hall–Kier alpha value is -4.76. The summed E-state index contributed by atoms with van der Waals surface area (Å²) >= 11 is 1.04. The van der Waals surface area contributed by atoms with Crippen LogP contribution < -0.4 is 14.4 Å². The quantitative estimate of drug-likeness (QED) is 0.103. The molecule has 0 radical (unpaired) electrons. The summed E-state index contributed by atoms with van der Waals surface area (Å²) in [7, 11) is 0. The number of amides is 1. The molecule has 1 aromatic heterocycles. The molecule has 42 heavy (non-hydrogen) atoms. The molecular weight excluding hydrogens is 552 g/mol. The molecule has 8 nitrogen and oxygen atoms in total. The van der Waals surface area contributed by atoms with Crippen LogP contribution in [0.15, 0.2) is 78.4 Å². The number of carbonyl (C=O) groups is 3. The molecular formula is C33H30N2O6S. The number of nitrogens with zero attached hydrogens (tertiary/aromatic N) is 2. The van der Waals surface area contributed by atoms with E-state index in [4.69, 9.17) is 9.47 Å². The second-order valence-electron chi connectivity index (χ2n) is 9.92. The van der Waals surface area contributed by atoms with Gasteiger partial charge in [-0.15, -0.1) is 0 Å². The molecule has 1 aliphatic rings. The first-order valence-corrected chi connectivity index (χ1v) is 14.3. The van der Waals surface area contributed by atoms with Gasteiger partial charge in [-0.25, -0.2) is 4.98 Å². The van der Waals surface area contributed by atoms with Gasteiger partial charge in [0, 0.05) is 12.5 Å². The molecule has 3 aromatic carbocycles. The van der Waals surface area contributed by atoms with Crippen LogP contribution in [0.1, 0.15) is 57.5 Å². The molecule has 0 bridgehead atoms. The van der Waals surface area contributed by atoms with E-state index in [-0.39, 0.29) is 22.2 Å². The maximum absolute atomic E-state index is 13.6. The first kappa shape index (κ1) is 28.8. The van der Waals surface area contributed by atoms with Gasteiger partial charge in [0.2, 0.25) is 0 Å². The third-order valence-electron chi connectivity index (χ3n) is 6.90. The minimum absolute atomic E-state index is 0.0820. The van der Waals surface area contributed by atoms with E-state index in [1.807, 2.05) is 56.3 Å². The number of benzene rings is 3. The SMILES string of the molecule is CCOc1cc(C2C(=C(O)c3ccc(C)cc3)C(=O)C(=O)N2c2nc(C)c(C(C)=O)s2)ccc1OCc1ccccc1. The van der Waals surface area contributed by atoms with Crippen molar-refractivity contribution in [2.45, 2.75) is 40.3 Å². The molecule has 5 rings (SSSR count). The van der Waals surface area contributed by atoms with E-state index in [1.54, 1.807) is 37.3 Å². The second kappa shape index (κ2) is 12.0. The van der Waals surface area contributed by atoms with E-state index in [1.165, 1.54) is 11.8 Å². The molecule has 4 aromatic rings. The minimum Gasteiger partial charge on any atom is -0.507 e. The Morgan fingerprint density at radius 3 is 2.33 bits per heavy atom. The van der Waals surface area contributed by atoms with E-state index in [0.717, 1.165) is 22.5 Å². The molecule has 1 saturated heterocycles. The predicted octanol–water partition coefficient (Wildman–Crippen LogP) is 6.57. The van der Waals surface area contributed by atoms with Crippen molar-refractivity contribution in [3.63, 3.8) is 0 Å². The smallest absolute Gasteiger partial charge is 0.301 e. The maximum Gasteiger partial charge on any atom is 0.301 e. The van der Waals surface area contributed by atoms with Crippen LogP contribution in [0.2, 0.25) is 0 Å². The Bertz CT molecular complexity index is 1690. The Kier molecular flexibility index (Phi) is 8.22. The van der Waals surface area contributed by atoms with Crippen molar-refractivity contribution in [1.29, 1.82) is 0 Å². The van der Waals surface area contributed by atoms with Crippen molar-refractivity contribution in [2.24, 2.45) is 0 Å². The zero-order valence-corrected chi connectivity index (χ0v) is 24.5. The van der Waals surface area contributed by atoms with Gasteiger partial charge in [-0.05, 0) is 44.0 Å². The normalized spacial score (nSPS) is 16.1. The van der Waals surface area contributed by atoms with Gasteiger partial charge in [0.15, 0.2) is 22.4 Å². The molecule has 1 amide bonds. The summed E-state index contributed by atoms with van der Waals surface area (Å²) in [4.78, 5) is 45.5. The highest BCUT2D eigenvalue weighted by Gasteiger charge is 2.48. The average molecular weight is 583 g/mol. The summed E-state index contributed by atoms with van der Waals surface area (Å²) in [5.41, 5.74) is 3.25. The van der Waals surface area contributed by atoms with E-state index >= 15 is 0 Å². The highest BCUT2D eigenvalue weighted by Crippen LogP contribution is 2.45. The van der Waals surface area contributed by atoms with Crippen molar-refractivity contribution in [3.05, 3.63) is 111 Å². The largest absolute Gasteiger partial charge is 0.507 e. The van der Waals surface area contributed by atoms with Crippen LogP contribution in [-0.2, 0) is 16.2 Å². The third-order valence-corrected chi connectivity index (χ3v) is 8.16.